The molecule has 1 N–H and O–H groups in total. The fraction of sp³-hybridized carbons (Fsp3) is 0.450. The number of hydrogen-bond donors (Lipinski definition) is 1. The van der Waals surface area contributed by atoms with Crippen molar-refractivity contribution < 1.29 is 4.79 Å². The molecule has 6 nitrogen and oxygen atoms in total. The molecule has 3 heterocycles. The van der Waals surface area contributed by atoms with Crippen LogP contribution in [0, 0.1) is 0 Å². The molecule has 1 amide bonds. The Labute approximate surface area is 155 Å². The van der Waals surface area contributed by atoms with Crippen LogP contribution in [0.3, 0.4) is 0 Å². The molecule has 1 aliphatic rings. The summed E-state index contributed by atoms with van der Waals surface area (Å²) in [6, 6.07) is 12.0. The number of aromatic nitrogens is 2. The molecule has 1 atom stereocenters. The van der Waals surface area contributed by atoms with Crippen LogP contribution < -0.4 is 10.2 Å². The van der Waals surface area contributed by atoms with Crippen LogP contribution >= 0.6 is 0 Å². The summed E-state index contributed by atoms with van der Waals surface area (Å²) in [6.07, 6.45) is 6.21. The van der Waals surface area contributed by atoms with Crippen LogP contribution in [0.1, 0.15) is 25.0 Å². The molecule has 0 unspecified atom stereocenters. The first-order valence-corrected chi connectivity index (χ1v) is 9.24. The van der Waals surface area contributed by atoms with Crippen LogP contribution in [0.2, 0.25) is 0 Å². The highest BCUT2D eigenvalue weighted by atomic mass is 16.1. The maximum absolute atomic E-state index is 12.3. The number of piperidine rings is 1. The van der Waals surface area contributed by atoms with Gasteiger partial charge in [-0.2, -0.15) is 0 Å². The minimum absolute atomic E-state index is 0.116. The second-order valence-corrected chi connectivity index (χ2v) is 6.85. The van der Waals surface area contributed by atoms with Gasteiger partial charge in [0, 0.05) is 51.0 Å². The number of amides is 1. The lowest BCUT2D eigenvalue weighted by Crippen LogP contribution is -2.48. The average molecular weight is 353 g/mol. The summed E-state index contributed by atoms with van der Waals surface area (Å²) in [5.41, 5.74) is 1.02. The van der Waals surface area contributed by atoms with Crippen LogP contribution in [-0.2, 0) is 11.3 Å². The first-order valence-electron chi connectivity index (χ1n) is 9.24. The number of nitrogens with zero attached hydrogens (tertiary/aromatic N) is 4. The highest BCUT2D eigenvalue weighted by Gasteiger charge is 2.22. The van der Waals surface area contributed by atoms with Crippen LogP contribution in [0.15, 0.2) is 48.8 Å². The van der Waals surface area contributed by atoms with Gasteiger partial charge in [0.25, 0.3) is 0 Å². The topological polar surface area (TPSA) is 61.4 Å². The van der Waals surface area contributed by atoms with Crippen molar-refractivity contribution in [1.29, 1.82) is 0 Å². The SMILES string of the molecule is CN(CCC(=O)N[C@@H]1CCCN(c2ccccn2)C1)Cc1ccccn1. The minimum atomic E-state index is 0.116. The third-order valence-electron chi connectivity index (χ3n) is 4.64. The minimum Gasteiger partial charge on any atom is -0.355 e. The maximum atomic E-state index is 12.3. The van der Waals surface area contributed by atoms with Gasteiger partial charge in [0.1, 0.15) is 5.82 Å². The Morgan fingerprint density at radius 1 is 1.23 bits per heavy atom. The van der Waals surface area contributed by atoms with Crippen LogP contribution in [0.4, 0.5) is 5.82 Å². The van der Waals surface area contributed by atoms with Gasteiger partial charge in [-0.25, -0.2) is 4.98 Å². The van der Waals surface area contributed by atoms with Crippen molar-refractivity contribution in [3.05, 3.63) is 54.5 Å². The van der Waals surface area contributed by atoms with Crippen molar-refractivity contribution in [2.45, 2.75) is 31.8 Å². The molecule has 138 valence electrons. The molecule has 0 aromatic carbocycles. The molecule has 2 aromatic heterocycles. The van der Waals surface area contributed by atoms with E-state index in [1.54, 1.807) is 6.20 Å². The smallest absolute Gasteiger partial charge is 0.221 e. The summed E-state index contributed by atoms with van der Waals surface area (Å²) in [6.45, 7) is 3.30. The number of carbonyl (C=O) groups is 1. The van der Waals surface area contributed by atoms with E-state index in [9.17, 15) is 4.79 Å². The molecule has 1 aliphatic heterocycles. The van der Waals surface area contributed by atoms with Gasteiger partial charge in [-0.05, 0) is 44.2 Å². The largest absolute Gasteiger partial charge is 0.355 e. The molecule has 3 rings (SSSR count). The molecular weight excluding hydrogens is 326 g/mol. The first kappa shape index (κ1) is 18.3. The molecular formula is C20H27N5O. The van der Waals surface area contributed by atoms with E-state index in [0.29, 0.717) is 6.42 Å². The number of pyridine rings is 2. The van der Waals surface area contributed by atoms with Crippen molar-refractivity contribution in [1.82, 2.24) is 20.2 Å². The summed E-state index contributed by atoms with van der Waals surface area (Å²) < 4.78 is 0. The van der Waals surface area contributed by atoms with Crippen molar-refractivity contribution in [3.63, 3.8) is 0 Å². The summed E-state index contributed by atoms with van der Waals surface area (Å²) in [5, 5.41) is 3.19. The predicted molar refractivity (Wildman–Crippen MR) is 103 cm³/mol. The number of rotatable bonds is 7. The summed E-state index contributed by atoms with van der Waals surface area (Å²) in [5.74, 6) is 1.10. The molecule has 0 aliphatic carbocycles. The van der Waals surface area contributed by atoms with Gasteiger partial charge in [0.15, 0.2) is 0 Å². The number of anilines is 1. The third kappa shape index (κ3) is 5.52. The van der Waals surface area contributed by atoms with Gasteiger partial charge >= 0.3 is 0 Å². The Hall–Kier alpha value is -2.47. The summed E-state index contributed by atoms with van der Waals surface area (Å²) >= 11 is 0. The first-order chi connectivity index (χ1) is 12.7. The third-order valence-corrected chi connectivity index (χ3v) is 4.64. The fourth-order valence-electron chi connectivity index (χ4n) is 3.28. The van der Waals surface area contributed by atoms with E-state index >= 15 is 0 Å². The lowest BCUT2D eigenvalue weighted by atomic mass is 10.1. The second kappa shape index (κ2) is 9.29. The highest BCUT2D eigenvalue weighted by Crippen LogP contribution is 2.17. The molecule has 6 heteroatoms. The summed E-state index contributed by atoms with van der Waals surface area (Å²) in [4.78, 5) is 25.4. The Morgan fingerprint density at radius 3 is 2.77 bits per heavy atom. The summed E-state index contributed by atoms with van der Waals surface area (Å²) in [7, 11) is 2.02. The van der Waals surface area contributed by atoms with Crippen molar-refractivity contribution in [2.24, 2.45) is 0 Å². The molecule has 0 bridgehead atoms. The lowest BCUT2D eigenvalue weighted by molar-refractivity contribution is -0.122. The average Bonchev–Trinajstić information content (AvgIpc) is 2.68. The number of carbonyl (C=O) groups excluding carboxylic acids is 1. The van der Waals surface area contributed by atoms with E-state index in [0.717, 1.165) is 50.5 Å². The quantitative estimate of drug-likeness (QED) is 0.826. The van der Waals surface area contributed by atoms with E-state index in [1.165, 1.54) is 0 Å². The zero-order valence-corrected chi connectivity index (χ0v) is 15.3. The molecule has 2 aromatic rings. The van der Waals surface area contributed by atoms with E-state index in [1.807, 2.05) is 49.6 Å². The van der Waals surface area contributed by atoms with E-state index < -0.39 is 0 Å². The molecule has 0 spiro atoms. The molecule has 1 fully saturated rings. The Kier molecular flexibility index (Phi) is 6.55. The Morgan fingerprint density at radius 2 is 2.04 bits per heavy atom. The van der Waals surface area contributed by atoms with E-state index in [2.05, 4.69) is 25.1 Å². The van der Waals surface area contributed by atoms with Gasteiger partial charge in [0.05, 0.1) is 5.69 Å². The fourth-order valence-corrected chi connectivity index (χ4v) is 3.28. The standard InChI is InChI=1S/C20H27N5O/c1-24(15-17-7-2-4-11-21-17)14-10-20(26)23-18-8-6-13-25(16-18)19-9-3-5-12-22-19/h2-5,7,9,11-12,18H,6,8,10,13-16H2,1H3,(H,23,26)/t18-/m1/s1. The van der Waals surface area contributed by atoms with Crippen molar-refractivity contribution in [3.8, 4) is 0 Å². The highest BCUT2D eigenvalue weighted by molar-refractivity contribution is 5.76. The zero-order valence-electron chi connectivity index (χ0n) is 15.3. The maximum Gasteiger partial charge on any atom is 0.221 e. The Bertz CT molecular complexity index is 679. The van der Waals surface area contributed by atoms with Crippen molar-refractivity contribution in [2.75, 3.05) is 31.6 Å². The number of nitrogens with one attached hydrogen (secondary N) is 1. The zero-order chi connectivity index (χ0) is 18.2. The van der Waals surface area contributed by atoms with Gasteiger partial charge in [-0.1, -0.05) is 12.1 Å². The molecule has 0 saturated carbocycles. The Balaban J connectivity index is 1.41. The van der Waals surface area contributed by atoms with Crippen molar-refractivity contribution >= 4 is 11.7 Å². The van der Waals surface area contributed by atoms with Crippen LogP contribution in [0.5, 0.6) is 0 Å². The normalized spacial score (nSPS) is 17.3. The lowest BCUT2D eigenvalue weighted by Gasteiger charge is -2.34. The van der Waals surface area contributed by atoms with Crippen LogP contribution in [-0.4, -0.2) is 53.5 Å². The molecule has 0 radical (unpaired) electrons. The number of hydrogen-bond acceptors (Lipinski definition) is 5. The van der Waals surface area contributed by atoms with E-state index in [-0.39, 0.29) is 11.9 Å². The van der Waals surface area contributed by atoms with Gasteiger partial charge in [-0.15, -0.1) is 0 Å². The van der Waals surface area contributed by atoms with Crippen LogP contribution in [0.25, 0.3) is 0 Å². The van der Waals surface area contributed by atoms with E-state index in [4.69, 9.17) is 0 Å². The second-order valence-electron chi connectivity index (χ2n) is 6.85. The van der Waals surface area contributed by atoms with Gasteiger partial charge in [0.2, 0.25) is 5.91 Å². The molecule has 1 saturated heterocycles. The molecule has 26 heavy (non-hydrogen) atoms. The monoisotopic (exact) mass is 353 g/mol. The predicted octanol–water partition coefficient (Wildman–Crippen LogP) is 2.08. The van der Waals surface area contributed by atoms with Gasteiger partial charge < -0.3 is 15.1 Å². The van der Waals surface area contributed by atoms with Gasteiger partial charge in [-0.3, -0.25) is 9.78 Å².